The summed E-state index contributed by atoms with van der Waals surface area (Å²) in [7, 11) is 1.76. The number of benzene rings is 1. The molecule has 0 bridgehead atoms. The van der Waals surface area contributed by atoms with Crippen molar-refractivity contribution in [3.63, 3.8) is 0 Å². The summed E-state index contributed by atoms with van der Waals surface area (Å²) in [5.74, 6) is -0.678. The number of rotatable bonds is 0. The Labute approximate surface area is 85.5 Å². The van der Waals surface area contributed by atoms with Crippen LogP contribution in [0.4, 0.5) is 15.8 Å². The number of likely N-dealkylation sites (N-methyl/N-ethyl adjacent to an activating group) is 1. The SMILES string of the molecule is CN1CC(=O)Nc2cc(F)c(Cl)cc21. The van der Waals surface area contributed by atoms with Crippen LogP contribution in [0, 0.1) is 5.82 Å². The third-order valence-electron chi connectivity index (χ3n) is 2.10. The quantitative estimate of drug-likeness (QED) is 0.715. The van der Waals surface area contributed by atoms with Crippen molar-refractivity contribution in [1.82, 2.24) is 0 Å². The van der Waals surface area contributed by atoms with Gasteiger partial charge >= 0.3 is 0 Å². The van der Waals surface area contributed by atoms with Crippen LogP contribution in [0.15, 0.2) is 12.1 Å². The summed E-state index contributed by atoms with van der Waals surface area (Å²) < 4.78 is 13.1. The number of carbonyl (C=O) groups is 1. The highest BCUT2D eigenvalue weighted by Gasteiger charge is 2.20. The van der Waals surface area contributed by atoms with E-state index in [1.165, 1.54) is 12.1 Å². The molecule has 0 radical (unpaired) electrons. The summed E-state index contributed by atoms with van der Waals surface area (Å²) in [4.78, 5) is 12.8. The van der Waals surface area contributed by atoms with Crippen LogP contribution in [-0.2, 0) is 4.79 Å². The molecule has 3 nitrogen and oxygen atoms in total. The number of hydrogen-bond acceptors (Lipinski definition) is 2. The summed E-state index contributed by atoms with van der Waals surface area (Å²) >= 11 is 5.63. The molecule has 0 unspecified atom stereocenters. The Morgan fingerprint density at radius 1 is 1.57 bits per heavy atom. The molecular formula is C9H8ClFN2O. The molecule has 1 aromatic carbocycles. The fraction of sp³-hybridized carbons (Fsp3) is 0.222. The zero-order chi connectivity index (χ0) is 10.3. The van der Waals surface area contributed by atoms with E-state index in [0.29, 0.717) is 5.69 Å². The number of anilines is 2. The van der Waals surface area contributed by atoms with Crippen molar-refractivity contribution in [3.05, 3.63) is 23.0 Å². The standard InChI is InChI=1S/C9H8ClFN2O/c1-13-4-9(14)12-7-3-6(11)5(10)2-8(7)13/h2-3H,4H2,1H3,(H,12,14). The molecule has 0 aromatic heterocycles. The average molecular weight is 215 g/mol. The molecule has 1 heterocycles. The first-order valence-electron chi connectivity index (χ1n) is 4.08. The lowest BCUT2D eigenvalue weighted by molar-refractivity contribution is -0.115. The Hall–Kier alpha value is -1.29. The Kier molecular flexibility index (Phi) is 2.07. The third kappa shape index (κ3) is 1.42. The minimum Gasteiger partial charge on any atom is -0.364 e. The van der Waals surface area contributed by atoms with Crippen LogP contribution in [0.25, 0.3) is 0 Å². The van der Waals surface area contributed by atoms with Crippen molar-refractivity contribution in [3.8, 4) is 0 Å². The fourth-order valence-corrected chi connectivity index (χ4v) is 1.60. The van der Waals surface area contributed by atoms with E-state index in [4.69, 9.17) is 11.6 Å². The van der Waals surface area contributed by atoms with Crippen molar-refractivity contribution in [2.24, 2.45) is 0 Å². The number of halogens is 2. The van der Waals surface area contributed by atoms with E-state index in [0.717, 1.165) is 5.69 Å². The molecule has 0 fully saturated rings. The zero-order valence-electron chi connectivity index (χ0n) is 7.47. The van der Waals surface area contributed by atoms with Crippen LogP contribution < -0.4 is 10.2 Å². The van der Waals surface area contributed by atoms with Crippen LogP contribution in [0.5, 0.6) is 0 Å². The summed E-state index contributed by atoms with van der Waals surface area (Å²) in [6.07, 6.45) is 0. The molecule has 0 spiro atoms. The summed E-state index contributed by atoms with van der Waals surface area (Å²) in [5.41, 5.74) is 1.20. The zero-order valence-corrected chi connectivity index (χ0v) is 8.23. The van der Waals surface area contributed by atoms with Gasteiger partial charge in [0, 0.05) is 13.1 Å². The molecule has 1 aromatic rings. The highest BCUT2D eigenvalue weighted by atomic mass is 35.5. The van der Waals surface area contributed by atoms with E-state index in [1.54, 1.807) is 11.9 Å². The topological polar surface area (TPSA) is 32.3 Å². The van der Waals surface area contributed by atoms with Gasteiger partial charge in [0.2, 0.25) is 5.91 Å². The lowest BCUT2D eigenvalue weighted by Crippen LogP contribution is -2.35. The Morgan fingerprint density at radius 3 is 3.00 bits per heavy atom. The molecule has 74 valence electrons. The van der Waals surface area contributed by atoms with Gasteiger partial charge in [0.25, 0.3) is 0 Å². The third-order valence-corrected chi connectivity index (χ3v) is 2.39. The molecule has 2 rings (SSSR count). The van der Waals surface area contributed by atoms with Crippen molar-refractivity contribution < 1.29 is 9.18 Å². The van der Waals surface area contributed by atoms with Gasteiger partial charge in [-0.1, -0.05) is 11.6 Å². The highest BCUT2D eigenvalue weighted by molar-refractivity contribution is 6.31. The van der Waals surface area contributed by atoms with Crippen LogP contribution in [0.1, 0.15) is 0 Å². The van der Waals surface area contributed by atoms with Gasteiger partial charge in [0.1, 0.15) is 5.82 Å². The molecule has 5 heteroatoms. The fourth-order valence-electron chi connectivity index (χ4n) is 1.44. The van der Waals surface area contributed by atoms with Gasteiger partial charge in [-0.2, -0.15) is 0 Å². The molecule has 0 atom stereocenters. The monoisotopic (exact) mass is 214 g/mol. The van der Waals surface area contributed by atoms with E-state index < -0.39 is 5.82 Å². The Balaban J connectivity index is 2.54. The van der Waals surface area contributed by atoms with Gasteiger partial charge in [0.05, 0.1) is 22.9 Å². The molecule has 1 amide bonds. The van der Waals surface area contributed by atoms with E-state index >= 15 is 0 Å². The molecule has 14 heavy (non-hydrogen) atoms. The normalized spacial score (nSPS) is 15.1. The van der Waals surface area contributed by atoms with Crippen LogP contribution in [0.2, 0.25) is 5.02 Å². The minimum atomic E-state index is -0.527. The van der Waals surface area contributed by atoms with Crippen molar-refractivity contribution in [1.29, 1.82) is 0 Å². The second-order valence-corrected chi connectivity index (χ2v) is 3.59. The lowest BCUT2D eigenvalue weighted by atomic mass is 10.2. The Morgan fingerprint density at radius 2 is 2.29 bits per heavy atom. The second kappa shape index (κ2) is 3.13. The maximum atomic E-state index is 13.1. The van der Waals surface area contributed by atoms with E-state index in [2.05, 4.69) is 5.32 Å². The van der Waals surface area contributed by atoms with E-state index in [-0.39, 0.29) is 17.5 Å². The second-order valence-electron chi connectivity index (χ2n) is 3.19. The number of amides is 1. The molecule has 1 aliphatic heterocycles. The van der Waals surface area contributed by atoms with Crippen molar-refractivity contribution in [2.45, 2.75) is 0 Å². The van der Waals surface area contributed by atoms with Gasteiger partial charge in [0.15, 0.2) is 0 Å². The van der Waals surface area contributed by atoms with Gasteiger partial charge in [-0.15, -0.1) is 0 Å². The van der Waals surface area contributed by atoms with Gasteiger partial charge in [-0.3, -0.25) is 4.79 Å². The maximum absolute atomic E-state index is 13.1. The predicted molar refractivity (Wildman–Crippen MR) is 53.3 cm³/mol. The lowest BCUT2D eigenvalue weighted by Gasteiger charge is -2.27. The highest BCUT2D eigenvalue weighted by Crippen LogP contribution is 2.32. The number of hydrogen-bond donors (Lipinski definition) is 1. The first-order chi connectivity index (χ1) is 6.58. The van der Waals surface area contributed by atoms with E-state index in [9.17, 15) is 9.18 Å². The van der Waals surface area contributed by atoms with E-state index in [1.807, 2.05) is 0 Å². The molecular weight excluding hydrogens is 207 g/mol. The summed E-state index contributed by atoms with van der Waals surface area (Å²) in [6.45, 7) is 0.259. The first-order valence-corrected chi connectivity index (χ1v) is 4.46. The first kappa shape index (κ1) is 9.27. The number of fused-ring (bicyclic) bond motifs is 1. The molecule has 0 saturated carbocycles. The number of nitrogens with one attached hydrogen (secondary N) is 1. The average Bonchev–Trinajstić information content (AvgIpc) is 2.08. The predicted octanol–water partition coefficient (Wildman–Crippen LogP) is 1.87. The minimum absolute atomic E-state index is 0.0618. The number of nitrogens with zero attached hydrogens (tertiary/aromatic N) is 1. The van der Waals surface area contributed by atoms with Crippen LogP contribution in [0.3, 0.4) is 0 Å². The molecule has 0 saturated heterocycles. The largest absolute Gasteiger partial charge is 0.364 e. The molecule has 1 N–H and O–H groups in total. The molecule has 1 aliphatic rings. The maximum Gasteiger partial charge on any atom is 0.243 e. The Bertz CT molecular complexity index is 408. The smallest absolute Gasteiger partial charge is 0.243 e. The summed E-state index contributed by atoms with van der Waals surface area (Å²) in [6, 6.07) is 2.73. The van der Waals surface area contributed by atoms with Crippen LogP contribution in [-0.4, -0.2) is 19.5 Å². The summed E-state index contributed by atoms with van der Waals surface area (Å²) in [5, 5.41) is 2.64. The van der Waals surface area contributed by atoms with Crippen molar-refractivity contribution in [2.75, 3.05) is 23.8 Å². The van der Waals surface area contributed by atoms with Crippen LogP contribution >= 0.6 is 11.6 Å². The van der Waals surface area contributed by atoms with Gasteiger partial charge < -0.3 is 10.2 Å². The number of carbonyl (C=O) groups excluding carboxylic acids is 1. The molecule has 0 aliphatic carbocycles. The van der Waals surface area contributed by atoms with Gasteiger partial charge in [-0.25, -0.2) is 4.39 Å². The van der Waals surface area contributed by atoms with Gasteiger partial charge in [-0.05, 0) is 6.07 Å². The van der Waals surface area contributed by atoms with Crippen molar-refractivity contribution >= 4 is 28.9 Å².